The van der Waals surface area contributed by atoms with E-state index in [0.29, 0.717) is 5.92 Å². The van der Waals surface area contributed by atoms with Gasteiger partial charge >= 0.3 is 211 Å². The Kier molecular flexibility index (Phi) is 11.3. The van der Waals surface area contributed by atoms with E-state index in [0.717, 1.165) is 28.9 Å². The number of benzene rings is 6. The van der Waals surface area contributed by atoms with E-state index < -0.39 is 13.3 Å². The predicted octanol–water partition coefficient (Wildman–Crippen LogP) is 12.0. The maximum Gasteiger partial charge on any atom is 0.0160 e. The first-order valence-corrected chi connectivity index (χ1v) is 24.8. The summed E-state index contributed by atoms with van der Waals surface area (Å²) in [6, 6.07) is 53.6. The molecule has 8 aromatic rings. The van der Waals surface area contributed by atoms with E-state index in [4.69, 9.17) is 4.98 Å². The average molecular weight is 900 g/mol. The number of hydrogen-bond donors (Lipinski definition) is 0. The second kappa shape index (κ2) is 15.9. The molecule has 255 valence electrons. The Hall–Kier alpha value is -4.41. The third-order valence-electron chi connectivity index (χ3n) is 9.23. The molecule has 0 aliphatic heterocycles. The Morgan fingerprint density at radius 3 is 1.94 bits per heavy atom. The Labute approximate surface area is 318 Å². The van der Waals surface area contributed by atoms with Gasteiger partial charge in [-0.1, -0.05) is 30.3 Å². The second-order valence-electron chi connectivity index (χ2n) is 14.4. The van der Waals surface area contributed by atoms with Crippen LogP contribution in [-0.4, -0.2) is 23.2 Å². The molecular formula is C47H42GeIrN2-2. The Morgan fingerprint density at radius 1 is 0.569 bits per heavy atom. The van der Waals surface area contributed by atoms with Crippen molar-refractivity contribution in [1.82, 2.24) is 9.97 Å². The van der Waals surface area contributed by atoms with Crippen molar-refractivity contribution in [3.63, 3.8) is 0 Å². The second-order valence-corrected chi connectivity index (χ2v) is 25.0. The van der Waals surface area contributed by atoms with Gasteiger partial charge in [0.25, 0.3) is 0 Å². The zero-order chi connectivity index (χ0) is 34.7. The van der Waals surface area contributed by atoms with Crippen LogP contribution in [0.25, 0.3) is 66.0 Å². The van der Waals surface area contributed by atoms with Gasteiger partial charge in [-0.15, -0.1) is 35.9 Å². The molecule has 51 heavy (non-hydrogen) atoms. The largest absolute Gasteiger partial charge is 0.305 e. The summed E-state index contributed by atoms with van der Waals surface area (Å²) < 4.78 is 1.52. The fourth-order valence-electron chi connectivity index (χ4n) is 6.85. The van der Waals surface area contributed by atoms with E-state index in [-0.39, 0.29) is 20.1 Å². The number of fused-ring (bicyclic) bond motifs is 6. The molecule has 0 fully saturated rings. The monoisotopic (exact) mass is 901 g/mol. The normalized spacial score (nSPS) is 11.3. The van der Waals surface area contributed by atoms with Crippen LogP contribution in [0.4, 0.5) is 0 Å². The van der Waals surface area contributed by atoms with Crippen LogP contribution in [0, 0.1) is 18.1 Å². The van der Waals surface area contributed by atoms with Crippen molar-refractivity contribution in [3.05, 3.63) is 164 Å². The van der Waals surface area contributed by atoms with Crippen LogP contribution in [0.3, 0.4) is 0 Å². The van der Waals surface area contributed by atoms with Gasteiger partial charge < -0.3 is 4.98 Å². The topological polar surface area (TPSA) is 25.8 Å². The summed E-state index contributed by atoms with van der Waals surface area (Å²) in [4.78, 5) is 9.23. The summed E-state index contributed by atoms with van der Waals surface area (Å²) in [5.74, 6) is 8.00. The van der Waals surface area contributed by atoms with Gasteiger partial charge in [-0.3, -0.25) is 0 Å². The molecule has 0 spiro atoms. The molecule has 2 heterocycles. The summed E-state index contributed by atoms with van der Waals surface area (Å²) in [6.07, 6.45) is 5.06. The molecule has 0 aliphatic rings. The Morgan fingerprint density at radius 2 is 1.25 bits per heavy atom. The molecule has 0 saturated carbocycles. The number of nitrogens with zero attached hydrogens (tertiary/aromatic N) is 2. The molecule has 0 atom stereocenters. The molecule has 2 nitrogen and oxygen atoms in total. The number of rotatable bonds is 6. The minimum atomic E-state index is -2.03. The summed E-state index contributed by atoms with van der Waals surface area (Å²) in [5, 5.41) is 7.62. The van der Waals surface area contributed by atoms with Gasteiger partial charge in [0.2, 0.25) is 0 Å². The van der Waals surface area contributed by atoms with Crippen LogP contribution in [0.1, 0.15) is 19.4 Å². The fraction of sp³-hybridized carbons (Fsp3) is 0.149. The zero-order valence-corrected chi connectivity index (χ0v) is 34.4. The minimum absolute atomic E-state index is 0. The maximum atomic E-state index is 5.01. The molecule has 0 N–H and O–H groups in total. The first-order chi connectivity index (χ1) is 24.3. The van der Waals surface area contributed by atoms with E-state index in [2.05, 4.69) is 145 Å². The van der Waals surface area contributed by atoms with E-state index >= 15 is 0 Å². The van der Waals surface area contributed by atoms with E-state index in [9.17, 15) is 0 Å². The quantitative estimate of drug-likeness (QED) is 0.0944. The third kappa shape index (κ3) is 8.07. The molecule has 0 bridgehead atoms. The Balaban J connectivity index is 0.000000291. The third-order valence-corrected chi connectivity index (χ3v) is 13.6. The van der Waals surface area contributed by atoms with Crippen molar-refractivity contribution >= 4 is 50.0 Å². The Bertz CT molecular complexity index is 2360. The SMILES string of the molecule is CC(C)Cc1cc(-c2[c-]cc3c4ccccc4c4ccc(-c5ccccc5)cc4c3c2)nc[c]1[Ge]([CH3])([CH3])[CH3].[Ir].[c-]1ccccc1-c1ccccn1. The van der Waals surface area contributed by atoms with Crippen LogP contribution < -0.4 is 4.40 Å². The maximum absolute atomic E-state index is 5.01. The van der Waals surface area contributed by atoms with Crippen LogP contribution >= 0.6 is 0 Å². The smallest absolute Gasteiger partial charge is 0.0160 e. The van der Waals surface area contributed by atoms with Crippen LogP contribution in [0.5, 0.6) is 0 Å². The van der Waals surface area contributed by atoms with E-state index in [1.54, 1.807) is 6.20 Å². The summed E-state index contributed by atoms with van der Waals surface area (Å²) in [7, 11) is 0. The minimum Gasteiger partial charge on any atom is -0.305 e. The average Bonchev–Trinajstić information content (AvgIpc) is 3.15. The zero-order valence-electron chi connectivity index (χ0n) is 29.9. The van der Waals surface area contributed by atoms with Gasteiger partial charge in [0.1, 0.15) is 0 Å². The molecule has 6 aromatic carbocycles. The molecule has 2 aromatic heterocycles. The van der Waals surface area contributed by atoms with Gasteiger partial charge in [0.05, 0.1) is 0 Å². The molecule has 8 rings (SSSR count). The van der Waals surface area contributed by atoms with Gasteiger partial charge in [0.15, 0.2) is 0 Å². The van der Waals surface area contributed by atoms with Crippen LogP contribution in [0.2, 0.25) is 17.3 Å². The molecule has 4 heteroatoms. The fourth-order valence-corrected chi connectivity index (χ4v) is 10.2. The summed E-state index contributed by atoms with van der Waals surface area (Å²) in [6.45, 7) is 4.62. The van der Waals surface area contributed by atoms with Crippen molar-refractivity contribution in [3.8, 4) is 33.6 Å². The van der Waals surface area contributed by atoms with Gasteiger partial charge in [-0.25, -0.2) is 0 Å². The van der Waals surface area contributed by atoms with E-state index in [1.807, 2.05) is 42.5 Å². The predicted molar refractivity (Wildman–Crippen MR) is 216 cm³/mol. The molecule has 1 radical (unpaired) electrons. The van der Waals surface area contributed by atoms with Crippen molar-refractivity contribution in [2.75, 3.05) is 0 Å². The number of pyridine rings is 2. The first-order valence-electron chi connectivity index (χ1n) is 17.5. The van der Waals surface area contributed by atoms with Gasteiger partial charge in [0, 0.05) is 26.3 Å². The molecule has 0 aliphatic carbocycles. The summed E-state index contributed by atoms with van der Waals surface area (Å²) in [5.41, 5.74) is 8.05. The van der Waals surface area contributed by atoms with Crippen molar-refractivity contribution in [1.29, 1.82) is 0 Å². The van der Waals surface area contributed by atoms with Crippen molar-refractivity contribution < 1.29 is 20.1 Å². The van der Waals surface area contributed by atoms with Gasteiger partial charge in [-0.05, 0) is 11.8 Å². The first kappa shape index (κ1) is 36.4. The molecule has 0 unspecified atom stereocenters. The van der Waals surface area contributed by atoms with Crippen molar-refractivity contribution in [2.45, 2.75) is 37.5 Å². The molecule has 0 amide bonds. The number of aromatic nitrogens is 2. The van der Waals surface area contributed by atoms with Crippen LogP contribution in [0.15, 0.2) is 146 Å². The standard InChI is InChI=1S/C36H34GeN.C11H8N.Ir/c1-24(2)19-28-22-36(38-23-35(28)37(3,4)5)27-16-18-32-30-14-10-9-13-29(30)31-17-15-26(20-33(31)34(32)21-27)25-11-7-6-8-12-25;1-2-6-10(7-3-1)11-8-4-5-9-12-11;/h6-15,17-18,20-24H,19H2,1-5H3;1-6,8-9H;/q2*-1;. The van der Waals surface area contributed by atoms with Crippen molar-refractivity contribution in [2.24, 2.45) is 5.92 Å². The number of hydrogen-bond acceptors (Lipinski definition) is 2. The molecular weight excluding hydrogens is 857 g/mol. The van der Waals surface area contributed by atoms with Crippen LogP contribution in [-0.2, 0) is 26.5 Å². The van der Waals surface area contributed by atoms with Gasteiger partial charge in [-0.2, -0.15) is 0 Å². The molecule has 0 saturated heterocycles. The summed E-state index contributed by atoms with van der Waals surface area (Å²) >= 11 is -2.03. The van der Waals surface area contributed by atoms with E-state index in [1.165, 1.54) is 53.4 Å².